The zero-order valence-corrected chi connectivity index (χ0v) is 8.33. The monoisotopic (exact) mass is 212 g/mol. The quantitative estimate of drug-likeness (QED) is 0.655. The van der Waals surface area contributed by atoms with Gasteiger partial charge in [-0.1, -0.05) is 18.2 Å². The van der Waals surface area contributed by atoms with Crippen LogP contribution in [0.3, 0.4) is 0 Å². The Hall–Kier alpha value is -2.23. The van der Waals surface area contributed by atoms with E-state index in [1.165, 1.54) is 17.3 Å². The highest BCUT2D eigenvalue weighted by atomic mass is 16.2. The van der Waals surface area contributed by atoms with Crippen LogP contribution in [0.4, 0.5) is 5.69 Å². The molecule has 16 heavy (non-hydrogen) atoms. The first-order chi connectivity index (χ1) is 7.79. The largest absolute Gasteiger partial charge is 0.273 e. The van der Waals surface area contributed by atoms with Crippen molar-refractivity contribution in [2.45, 2.75) is 0 Å². The van der Waals surface area contributed by atoms with E-state index in [0.29, 0.717) is 11.3 Å². The summed E-state index contributed by atoms with van der Waals surface area (Å²) in [4.78, 5) is 29.0. The number of imide groups is 1. The molecule has 2 amide bonds. The SMILES string of the molecule is O=C1C2=CN=CC2C(=O)N1c1ccccc1. The van der Waals surface area contributed by atoms with Crippen molar-refractivity contribution in [3.63, 3.8) is 0 Å². The molecule has 2 heterocycles. The van der Waals surface area contributed by atoms with Crippen LogP contribution in [0.5, 0.6) is 0 Å². The number of carbonyl (C=O) groups is 2. The van der Waals surface area contributed by atoms with Crippen LogP contribution < -0.4 is 4.90 Å². The van der Waals surface area contributed by atoms with Gasteiger partial charge in [-0.3, -0.25) is 14.6 Å². The van der Waals surface area contributed by atoms with Crippen LogP contribution in [0.25, 0.3) is 0 Å². The molecule has 2 aliphatic heterocycles. The van der Waals surface area contributed by atoms with Gasteiger partial charge in [0.2, 0.25) is 5.91 Å². The molecule has 0 spiro atoms. The number of carbonyl (C=O) groups excluding carboxylic acids is 2. The lowest BCUT2D eigenvalue weighted by Gasteiger charge is -2.13. The maximum atomic E-state index is 12.0. The van der Waals surface area contributed by atoms with Crippen molar-refractivity contribution in [2.75, 3.05) is 4.90 Å². The summed E-state index contributed by atoms with van der Waals surface area (Å²) in [5.41, 5.74) is 1.08. The summed E-state index contributed by atoms with van der Waals surface area (Å²) in [6.45, 7) is 0. The second kappa shape index (κ2) is 3.13. The Bertz CT molecular complexity index is 531. The maximum absolute atomic E-state index is 12.0. The lowest BCUT2D eigenvalue weighted by Crippen LogP contribution is -2.30. The summed E-state index contributed by atoms with van der Waals surface area (Å²) in [6.07, 6.45) is 2.98. The number of para-hydroxylation sites is 1. The van der Waals surface area contributed by atoms with Gasteiger partial charge in [0.1, 0.15) is 5.92 Å². The minimum Gasteiger partial charge on any atom is -0.273 e. The summed E-state index contributed by atoms with van der Waals surface area (Å²) >= 11 is 0. The molecule has 0 bridgehead atoms. The van der Waals surface area contributed by atoms with Gasteiger partial charge in [-0.2, -0.15) is 0 Å². The van der Waals surface area contributed by atoms with E-state index in [0.717, 1.165) is 0 Å². The van der Waals surface area contributed by atoms with Crippen molar-refractivity contribution in [1.29, 1.82) is 0 Å². The Balaban J connectivity index is 2.06. The average Bonchev–Trinajstić information content (AvgIpc) is 2.86. The number of aliphatic imine (C=N–C) groups is 1. The molecule has 3 rings (SSSR count). The highest BCUT2D eigenvalue weighted by molar-refractivity contribution is 6.33. The van der Waals surface area contributed by atoms with Crippen molar-refractivity contribution < 1.29 is 9.59 Å². The first-order valence-electron chi connectivity index (χ1n) is 4.96. The second-order valence-electron chi connectivity index (χ2n) is 3.67. The number of benzene rings is 1. The molecule has 78 valence electrons. The van der Waals surface area contributed by atoms with E-state index in [1.54, 1.807) is 24.3 Å². The van der Waals surface area contributed by atoms with Crippen LogP contribution in [0.2, 0.25) is 0 Å². The summed E-state index contributed by atoms with van der Waals surface area (Å²) in [5, 5.41) is 0. The van der Waals surface area contributed by atoms with Crippen molar-refractivity contribution in [1.82, 2.24) is 0 Å². The molecular weight excluding hydrogens is 204 g/mol. The van der Waals surface area contributed by atoms with Crippen LogP contribution in [-0.2, 0) is 9.59 Å². The van der Waals surface area contributed by atoms with E-state index in [4.69, 9.17) is 0 Å². The van der Waals surface area contributed by atoms with Gasteiger partial charge < -0.3 is 0 Å². The standard InChI is InChI=1S/C12H8N2O2/c15-11-9-6-13-7-10(9)12(16)14(11)8-4-2-1-3-5-8/h1-7,9H. The molecule has 1 aromatic carbocycles. The van der Waals surface area contributed by atoms with Crippen LogP contribution in [0, 0.1) is 5.92 Å². The van der Waals surface area contributed by atoms with Gasteiger partial charge >= 0.3 is 0 Å². The molecular formula is C12H8N2O2. The van der Waals surface area contributed by atoms with E-state index in [9.17, 15) is 9.59 Å². The van der Waals surface area contributed by atoms with E-state index < -0.39 is 5.92 Å². The number of hydrogen-bond acceptors (Lipinski definition) is 3. The van der Waals surface area contributed by atoms with Gasteiger partial charge in [-0.25, -0.2) is 4.90 Å². The summed E-state index contributed by atoms with van der Waals surface area (Å²) in [6, 6.07) is 8.93. The molecule has 1 fully saturated rings. The predicted molar refractivity (Wildman–Crippen MR) is 59.0 cm³/mol. The number of rotatable bonds is 1. The van der Waals surface area contributed by atoms with Crippen LogP contribution in [0.15, 0.2) is 47.1 Å². The van der Waals surface area contributed by atoms with Gasteiger partial charge in [0, 0.05) is 12.4 Å². The molecule has 0 saturated carbocycles. The normalized spacial score (nSPS) is 22.6. The van der Waals surface area contributed by atoms with E-state index >= 15 is 0 Å². The lowest BCUT2D eigenvalue weighted by molar-refractivity contribution is -0.121. The minimum atomic E-state index is -0.479. The lowest BCUT2D eigenvalue weighted by atomic mass is 10.1. The van der Waals surface area contributed by atoms with Gasteiger partial charge in [0.15, 0.2) is 0 Å². The summed E-state index contributed by atoms with van der Waals surface area (Å²) in [7, 11) is 0. The van der Waals surface area contributed by atoms with Crippen LogP contribution in [-0.4, -0.2) is 18.0 Å². The molecule has 0 radical (unpaired) electrons. The molecule has 4 heteroatoms. The molecule has 0 aromatic heterocycles. The van der Waals surface area contributed by atoms with Crippen LogP contribution >= 0.6 is 0 Å². The van der Waals surface area contributed by atoms with Crippen LogP contribution in [0.1, 0.15) is 0 Å². The number of anilines is 1. The number of fused-ring (bicyclic) bond motifs is 1. The third kappa shape index (κ3) is 1.07. The van der Waals surface area contributed by atoms with Gasteiger partial charge in [0.05, 0.1) is 11.3 Å². The van der Waals surface area contributed by atoms with E-state index in [-0.39, 0.29) is 11.8 Å². The fourth-order valence-corrected chi connectivity index (χ4v) is 1.94. The Labute approximate surface area is 91.9 Å². The third-order valence-electron chi connectivity index (χ3n) is 2.73. The Morgan fingerprint density at radius 2 is 1.88 bits per heavy atom. The molecule has 0 N–H and O–H groups in total. The predicted octanol–water partition coefficient (Wildman–Crippen LogP) is 1.14. The summed E-state index contributed by atoms with van der Waals surface area (Å²) < 4.78 is 0. The van der Waals surface area contributed by atoms with Gasteiger partial charge in [-0.15, -0.1) is 0 Å². The third-order valence-corrected chi connectivity index (χ3v) is 2.73. The van der Waals surface area contributed by atoms with Gasteiger partial charge in [-0.05, 0) is 12.1 Å². The average molecular weight is 212 g/mol. The number of nitrogens with zero attached hydrogens (tertiary/aromatic N) is 2. The molecule has 2 aliphatic rings. The maximum Gasteiger partial charge on any atom is 0.263 e. The summed E-state index contributed by atoms with van der Waals surface area (Å²) in [5.74, 6) is -0.963. The molecule has 1 atom stereocenters. The molecule has 1 aromatic rings. The Morgan fingerprint density at radius 1 is 1.12 bits per heavy atom. The first kappa shape index (κ1) is 9.03. The molecule has 0 aliphatic carbocycles. The number of hydrogen-bond donors (Lipinski definition) is 0. The Morgan fingerprint density at radius 3 is 2.56 bits per heavy atom. The zero-order valence-electron chi connectivity index (χ0n) is 8.33. The topological polar surface area (TPSA) is 49.7 Å². The highest BCUT2D eigenvalue weighted by Crippen LogP contribution is 2.31. The minimum absolute atomic E-state index is 0.219. The van der Waals surface area contributed by atoms with Crippen molar-refractivity contribution in [3.05, 3.63) is 42.1 Å². The van der Waals surface area contributed by atoms with E-state index in [2.05, 4.69) is 4.99 Å². The van der Waals surface area contributed by atoms with E-state index in [1.807, 2.05) is 6.07 Å². The van der Waals surface area contributed by atoms with Crippen molar-refractivity contribution >= 4 is 23.7 Å². The van der Waals surface area contributed by atoms with Crippen molar-refractivity contribution in [3.8, 4) is 0 Å². The highest BCUT2D eigenvalue weighted by Gasteiger charge is 2.44. The molecule has 1 saturated heterocycles. The molecule has 4 nitrogen and oxygen atoms in total. The zero-order chi connectivity index (χ0) is 11.1. The second-order valence-corrected chi connectivity index (χ2v) is 3.67. The van der Waals surface area contributed by atoms with Crippen molar-refractivity contribution in [2.24, 2.45) is 10.9 Å². The number of amides is 2. The fourth-order valence-electron chi connectivity index (χ4n) is 1.94. The fraction of sp³-hybridized carbons (Fsp3) is 0.0833. The smallest absolute Gasteiger partial charge is 0.263 e. The molecule has 1 unspecified atom stereocenters. The first-order valence-corrected chi connectivity index (χ1v) is 4.96. The van der Waals surface area contributed by atoms with Gasteiger partial charge in [0.25, 0.3) is 5.91 Å². The Kier molecular flexibility index (Phi) is 1.77.